The predicted octanol–water partition coefficient (Wildman–Crippen LogP) is 2.31. The second kappa shape index (κ2) is 6.15. The van der Waals surface area contributed by atoms with Gasteiger partial charge in [-0.3, -0.25) is 5.32 Å². The fourth-order valence-electron chi connectivity index (χ4n) is 1.77. The van der Waals surface area contributed by atoms with Crippen LogP contribution in [0.5, 0.6) is 0 Å². The number of fused-ring (bicyclic) bond motifs is 1. The van der Waals surface area contributed by atoms with Gasteiger partial charge < -0.3 is 10.1 Å². The van der Waals surface area contributed by atoms with Crippen LogP contribution in [-0.2, 0) is 4.74 Å². The number of urea groups is 1. The Hall–Kier alpha value is -2.14. The van der Waals surface area contributed by atoms with Crippen LogP contribution in [0.15, 0.2) is 30.3 Å². The van der Waals surface area contributed by atoms with E-state index in [2.05, 4.69) is 15.6 Å². The standard InChI is InChI=1S/C14H17N3O2/c1-10-9-11-5-3-4-6-12(11)16-13(10)17-14(18)15-7-8-19-2/h3-6,9H,7-8H2,1-2H3,(H2,15,16,17,18). The van der Waals surface area contributed by atoms with Crippen molar-refractivity contribution in [1.82, 2.24) is 10.3 Å². The summed E-state index contributed by atoms with van der Waals surface area (Å²) in [6.45, 7) is 2.87. The molecule has 5 nitrogen and oxygen atoms in total. The molecule has 0 aliphatic heterocycles. The molecule has 1 aromatic carbocycles. The number of rotatable bonds is 4. The van der Waals surface area contributed by atoms with Gasteiger partial charge in [0, 0.05) is 19.0 Å². The Morgan fingerprint density at radius 1 is 1.37 bits per heavy atom. The molecule has 0 saturated heterocycles. The first-order valence-electron chi connectivity index (χ1n) is 6.11. The van der Waals surface area contributed by atoms with Crippen molar-refractivity contribution in [3.05, 3.63) is 35.9 Å². The number of carbonyl (C=O) groups excluding carboxylic acids is 1. The SMILES string of the molecule is COCCNC(=O)Nc1nc2ccccc2cc1C. The molecule has 0 radical (unpaired) electrons. The quantitative estimate of drug-likeness (QED) is 0.828. The number of aromatic nitrogens is 1. The number of benzene rings is 1. The minimum Gasteiger partial charge on any atom is -0.383 e. The van der Waals surface area contributed by atoms with Gasteiger partial charge in [0.2, 0.25) is 0 Å². The molecule has 0 fully saturated rings. The van der Waals surface area contributed by atoms with E-state index in [1.165, 1.54) is 0 Å². The number of pyridine rings is 1. The van der Waals surface area contributed by atoms with E-state index in [4.69, 9.17) is 4.74 Å². The van der Waals surface area contributed by atoms with Crippen LogP contribution in [0.1, 0.15) is 5.56 Å². The molecule has 1 heterocycles. The summed E-state index contributed by atoms with van der Waals surface area (Å²) in [5, 5.41) is 6.50. The molecule has 2 aromatic rings. The Morgan fingerprint density at radius 2 is 2.16 bits per heavy atom. The number of methoxy groups -OCH3 is 1. The van der Waals surface area contributed by atoms with Gasteiger partial charge in [-0.25, -0.2) is 9.78 Å². The normalized spacial score (nSPS) is 10.4. The van der Waals surface area contributed by atoms with Gasteiger partial charge in [-0.1, -0.05) is 18.2 Å². The Balaban J connectivity index is 2.11. The van der Waals surface area contributed by atoms with Crippen molar-refractivity contribution in [2.75, 3.05) is 25.6 Å². The zero-order chi connectivity index (χ0) is 13.7. The van der Waals surface area contributed by atoms with Crippen molar-refractivity contribution in [3.8, 4) is 0 Å². The van der Waals surface area contributed by atoms with Gasteiger partial charge in [0.1, 0.15) is 5.82 Å². The molecule has 19 heavy (non-hydrogen) atoms. The number of aryl methyl sites for hydroxylation is 1. The fourth-order valence-corrected chi connectivity index (χ4v) is 1.77. The van der Waals surface area contributed by atoms with E-state index in [-0.39, 0.29) is 6.03 Å². The highest BCUT2D eigenvalue weighted by Gasteiger charge is 2.06. The van der Waals surface area contributed by atoms with Gasteiger partial charge in [0.15, 0.2) is 0 Å². The highest BCUT2D eigenvalue weighted by molar-refractivity contribution is 5.91. The van der Waals surface area contributed by atoms with E-state index in [1.54, 1.807) is 7.11 Å². The lowest BCUT2D eigenvalue weighted by atomic mass is 10.1. The Bertz CT molecular complexity index is 584. The van der Waals surface area contributed by atoms with E-state index in [9.17, 15) is 4.79 Å². The maximum Gasteiger partial charge on any atom is 0.320 e. The molecule has 0 saturated carbocycles. The maximum absolute atomic E-state index is 11.7. The van der Waals surface area contributed by atoms with Crippen LogP contribution in [-0.4, -0.2) is 31.3 Å². The molecule has 2 amide bonds. The van der Waals surface area contributed by atoms with Crippen LogP contribution in [0.4, 0.5) is 10.6 Å². The van der Waals surface area contributed by atoms with Gasteiger partial charge in [0.05, 0.1) is 12.1 Å². The minimum absolute atomic E-state index is 0.275. The molecule has 0 aliphatic carbocycles. The van der Waals surface area contributed by atoms with E-state index in [0.717, 1.165) is 16.5 Å². The topological polar surface area (TPSA) is 63.2 Å². The van der Waals surface area contributed by atoms with Crippen molar-refractivity contribution in [3.63, 3.8) is 0 Å². The maximum atomic E-state index is 11.7. The summed E-state index contributed by atoms with van der Waals surface area (Å²) in [4.78, 5) is 16.1. The largest absolute Gasteiger partial charge is 0.383 e. The molecule has 0 unspecified atom stereocenters. The molecular weight excluding hydrogens is 242 g/mol. The minimum atomic E-state index is -0.275. The first-order chi connectivity index (χ1) is 9.20. The predicted molar refractivity (Wildman–Crippen MR) is 75.4 cm³/mol. The van der Waals surface area contributed by atoms with Gasteiger partial charge in [-0.15, -0.1) is 0 Å². The van der Waals surface area contributed by atoms with E-state index < -0.39 is 0 Å². The van der Waals surface area contributed by atoms with Gasteiger partial charge in [-0.05, 0) is 24.6 Å². The Morgan fingerprint density at radius 3 is 2.95 bits per heavy atom. The number of anilines is 1. The highest BCUT2D eigenvalue weighted by atomic mass is 16.5. The van der Waals surface area contributed by atoms with Crippen molar-refractivity contribution >= 4 is 22.8 Å². The molecule has 100 valence electrons. The van der Waals surface area contributed by atoms with Crippen molar-refractivity contribution in [2.45, 2.75) is 6.92 Å². The van der Waals surface area contributed by atoms with E-state index >= 15 is 0 Å². The summed E-state index contributed by atoms with van der Waals surface area (Å²) in [5.41, 5.74) is 1.79. The molecule has 0 spiro atoms. The second-order valence-corrected chi connectivity index (χ2v) is 4.22. The summed E-state index contributed by atoms with van der Waals surface area (Å²) >= 11 is 0. The number of amides is 2. The third-order valence-electron chi connectivity index (χ3n) is 2.74. The molecule has 0 atom stereocenters. The third kappa shape index (κ3) is 3.42. The summed E-state index contributed by atoms with van der Waals surface area (Å²) < 4.78 is 4.87. The molecule has 2 rings (SSSR count). The number of hydrogen-bond acceptors (Lipinski definition) is 3. The number of carbonyl (C=O) groups is 1. The lowest BCUT2D eigenvalue weighted by Crippen LogP contribution is -2.31. The molecule has 2 N–H and O–H groups in total. The monoisotopic (exact) mass is 259 g/mol. The molecule has 0 aliphatic rings. The molecule has 0 bridgehead atoms. The number of hydrogen-bond donors (Lipinski definition) is 2. The van der Waals surface area contributed by atoms with Crippen LogP contribution in [0.2, 0.25) is 0 Å². The van der Waals surface area contributed by atoms with Crippen molar-refractivity contribution in [2.24, 2.45) is 0 Å². The fraction of sp³-hybridized carbons (Fsp3) is 0.286. The molecular formula is C14H17N3O2. The highest BCUT2D eigenvalue weighted by Crippen LogP contribution is 2.19. The van der Waals surface area contributed by atoms with Crippen LogP contribution in [0, 0.1) is 6.92 Å². The molecule has 1 aromatic heterocycles. The van der Waals surface area contributed by atoms with Crippen LogP contribution >= 0.6 is 0 Å². The van der Waals surface area contributed by atoms with Crippen LogP contribution in [0.25, 0.3) is 10.9 Å². The van der Waals surface area contributed by atoms with Crippen molar-refractivity contribution in [1.29, 1.82) is 0 Å². The summed E-state index contributed by atoms with van der Waals surface area (Å²) in [7, 11) is 1.59. The zero-order valence-electron chi connectivity index (χ0n) is 11.1. The van der Waals surface area contributed by atoms with Crippen molar-refractivity contribution < 1.29 is 9.53 Å². The number of para-hydroxylation sites is 1. The van der Waals surface area contributed by atoms with Gasteiger partial charge in [0.25, 0.3) is 0 Å². The number of ether oxygens (including phenoxy) is 1. The first kappa shape index (κ1) is 13.3. The smallest absolute Gasteiger partial charge is 0.320 e. The number of nitrogens with one attached hydrogen (secondary N) is 2. The zero-order valence-corrected chi connectivity index (χ0v) is 11.1. The lowest BCUT2D eigenvalue weighted by molar-refractivity contribution is 0.198. The average molecular weight is 259 g/mol. The first-order valence-corrected chi connectivity index (χ1v) is 6.11. The summed E-state index contributed by atoms with van der Waals surface area (Å²) in [6, 6.07) is 9.54. The molecule has 5 heteroatoms. The van der Waals surface area contributed by atoms with E-state index in [1.807, 2.05) is 37.3 Å². The summed E-state index contributed by atoms with van der Waals surface area (Å²) in [6.07, 6.45) is 0. The third-order valence-corrected chi connectivity index (χ3v) is 2.74. The Labute approximate surface area is 112 Å². The number of nitrogens with zero attached hydrogens (tertiary/aromatic N) is 1. The second-order valence-electron chi connectivity index (χ2n) is 4.22. The Kier molecular flexibility index (Phi) is 4.30. The van der Waals surface area contributed by atoms with E-state index in [0.29, 0.717) is 19.0 Å². The van der Waals surface area contributed by atoms with Crippen LogP contribution in [0.3, 0.4) is 0 Å². The lowest BCUT2D eigenvalue weighted by Gasteiger charge is -2.10. The van der Waals surface area contributed by atoms with Gasteiger partial charge >= 0.3 is 6.03 Å². The van der Waals surface area contributed by atoms with Crippen LogP contribution < -0.4 is 10.6 Å². The van der Waals surface area contributed by atoms with Gasteiger partial charge in [-0.2, -0.15) is 0 Å². The summed E-state index contributed by atoms with van der Waals surface area (Å²) in [5.74, 6) is 0.577. The average Bonchev–Trinajstić information content (AvgIpc) is 2.40.